The smallest absolute Gasteiger partial charge is 0.335 e. The summed E-state index contributed by atoms with van der Waals surface area (Å²) >= 11 is 0. The lowest BCUT2D eigenvalue weighted by Crippen LogP contribution is -2.36. The minimum absolute atomic E-state index is 0.0308. The number of aliphatic hydroxyl groups is 1. The Morgan fingerprint density at radius 1 is 1.00 bits per heavy atom. The molecule has 0 aliphatic rings. The summed E-state index contributed by atoms with van der Waals surface area (Å²) in [4.78, 5) is 11.8. The molecule has 0 aromatic heterocycles. The van der Waals surface area contributed by atoms with Crippen molar-refractivity contribution < 1.29 is 34.7 Å². The third-order valence-electron chi connectivity index (χ3n) is 5.12. The van der Waals surface area contributed by atoms with Crippen molar-refractivity contribution in [2.24, 2.45) is 0 Å². The Morgan fingerprint density at radius 3 is 2.39 bits per heavy atom. The van der Waals surface area contributed by atoms with Crippen molar-refractivity contribution in [2.75, 3.05) is 19.7 Å². The number of aliphatic hydroxyl groups excluding tert-OH is 1. The number of para-hydroxylation sites is 3. The molecule has 3 rings (SSSR count). The van der Waals surface area contributed by atoms with Crippen LogP contribution in [0, 0.1) is 6.92 Å². The second kappa shape index (κ2) is 11.2. The van der Waals surface area contributed by atoms with Crippen LogP contribution >= 0.6 is 0 Å². The molecule has 5 N–H and O–H groups in total. The fourth-order valence-electron chi connectivity index (χ4n) is 3.39. The van der Waals surface area contributed by atoms with E-state index in [1.54, 1.807) is 30.3 Å². The fourth-order valence-corrected chi connectivity index (χ4v) is 3.39. The van der Waals surface area contributed by atoms with E-state index in [2.05, 4.69) is 5.32 Å². The van der Waals surface area contributed by atoms with Gasteiger partial charge < -0.3 is 35.2 Å². The minimum Gasteiger partial charge on any atom is -0.508 e. The lowest BCUT2D eigenvalue weighted by molar-refractivity contribution is -0.0387. The highest BCUT2D eigenvalue weighted by Gasteiger charge is 2.28. The molecule has 3 aromatic rings. The number of carbonyl (C=O) groups is 1. The van der Waals surface area contributed by atoms with Gasteiger partial charge in [0.15, 0.2) is 11.5 Å². The number of carboxylic acids is 1. The Morgan fingerprint density at radius 2 is 1.70 bits per heavy atom. The van der Waals surface area contributed by atoms with Crippen LogP contribution in [0.2, 0.25) is 0 Å². The van der Waals surface area contributed by atoms with E-state index in [0.29, 0.717) is 18.0 Å². The van der Waals surface area contributed by atoms with Crippen molar-refractivity contribution >= 4 is 5.97 Å². The molecular formula is C25H27NO7. The van der Waals surface area contributed by atoms with Gasteiger partial charge in [0.25, 0.3) is 0 Å². The van der Waals surface area contributed by atoms with Gasteiger partial charge >= 0.3 is 5.97 Å². The molecule has 8 nitrogen and oxygen atoms in total. The number of hydrogen-bond acceptors (Lipinski definition) is 7. The number of phenols is 2. The minimum atomic E-state index is -1.39. The van der Waals surface area contributed by atoms with Crippen molar-refractivity contribution in [1.82, 2.24) is 5.32 Å². The largest absolute Gasteiger partial charge is 0.508 e. The molecule has 174 valence electrons. The maximum absolute atomic E-state index is 11.8. The molecule has 2 unspecified atom stereocenters. The molecule has 0 amide bonds. The number of benzene rings is 3. The van der Waals surface area contributed by atoms with E-state index >= 15 is 0 Å². The number of hydrogen-bond donors (Lipinski definition) is 5. The van der Waals surface area contributed by atoms with Gasteiger partial charge in [-0.3, -0.25) is 0 Å². The molecule has 2 atom stereocenters. The van der Waals surface area contributed by atoms with Crippen molar-refractivity contribution in [3.63, 3.8) is 0 Å². The Labute approximate surface area is 191 Å². The first kappa shape index (κ1) is 23.9. The van der Waals surface area contributed by atoms with Gasteiger partial charge in [0.1, 0.15) is 18.1 Å². The van der Waals surface area contributed by atoms with Gasteiger partial charge in [0, 0.05) is 13.1 Å². The Kier molecular flexibility index (Phi) is 8.12. The zero-order chi connectivity index (χ0) is 23.8. The van der Waals surface area contributed by atoms with Crippen LogP contribution in [0.25, 0.3) is 0 Å². The number of carboxylic acid groups (broad SMARTS) is 1. The van der Waals surface area contributed by atoms with Crippen molar-refractivity contribution in [2.45, 2.75) is 19.1 Å². The predicted molar refractivity (Wildman–Crippen MR) is 122 cm³/mol. The number of ether oxygens (including phenoxy) is 2. The molecule has 0 aliphatic heterocycles. The van der Waals surface area contributed by atoms with Gasteiger partial charge in [-0.15, -0.1) is 0 Å². The van der Waals surface area contributed by atoms with Crippen LogP contribution in [0.5, 0.6) is 23.0 Å². The van der Waals surface area contributed by atoms with Crippen LogP contribution in [0.1, 0.15) is 27.4 Å². The topological polar surface area (TPSA) is 128 Å². The summed E-state index contributed by atoms with van der Waals surface area (Å²) in [6.45, 7) is 2.55. The fraction of sp³-hybridized carbons (Fsp3) is 0.240. The lowest BCUT2D eigenvalue weighted by Gasteiger charge is -2.26. The molecule has 0 radical (unpaired) electrons. The van der Waals surface area contributed by atoms with Crippen molar-refractivity contribution in [3.05, 3.63) is 83.4 Å². The van der Waals surface area contributed by atoms with Gasteiger partial charge in [0.05, 0.1) is 11.5 Å². The van der Waals surface area contributed by atoms with Gasteiger partial charge in [0.2, 0.25) is 6.29 Å². The monoisotopic (exact) mass is 453 g/mol. The highest BCUT2D eigenvalue weighted by molar-refractivity contribution is 5.90. The van der Waals surface area contributed by atoms with Gasteiger partial charge in [-0.25, -0.2) is 4.79 Å². The normalized spacial score (nSPS) is 12.7. The van der Waals surface area contributed by atoms with Crippen LogP contribution < -0.4 is 14.8 Å². The number of aromatic carboxylic acids is 1. The van der Waals surface area contributed by atoms with E-state index in [0.717, 1.165) is 5.56 Å². The SMILES string of the molecule is Cc1ccccc1OC(O)C(CNCCOc1ccccc1O)c1cc(O)ccc1C(=O)O. The molecule has 0 saturated heterocycles. The van der Waals surface area contributed by atoms with Crippen molar-refractivity contribution in [1.29, 1.82) is 0 Å². The molecule has 8 heteroatoms. The molecule has 0 fully saturated rings. The summed E-state index contributed by atoms with van der Waals surface area (Å²) < 4.78 is 11.3. The van der Waals surface area contributed by atoms with E-state index in [1.807, 2.05) is 19.1 Å². The lowest BCUT2D eigenvalue weighted by atomic mass is 9.92. The zero-order valence-electron chi connectivity index (χ0n) is 18.1. The summed E-state index contributed by atoms with van der Waals surface area (Å²) in [5.41, 5.74) is 1.00. The Hall–Kier alpha value is -3.75. The molecule has 33 heavy (non-hydrogen) atoms. The summed E-state index contributed by atoms with van der Waals surface area (Å²) in [6, 6.07) is 17.7. The second-order valence-corrected chi connectivity index (χ2v) is 7.48. The third kappa shape index (κ3) is 6.38. The third-order valence-corrected chi connectivity index (χ3v) is 5.12. The van der Waals surface area contributed by atoms with Crippen LogP contribution in [0.15, 0.2) is 66.7 Å². The summed E-state index contributed by atoms with van der Waals surface area (Å²) in [5.74, 6) is -1.27. The Bertz CT molecular complexity index is 1090. The number of phenolic OH excluding ortho intramolecular Hbond substituents is 2. The maximum Gasteiger partial charge on any atom is 0.335 e. The molecule has 3 aromatic carbocycles. The number of aryl methyl sites for hydroxylation is 1. The van der Waals surface area contributed by atoms with Gasteiger partial charge in [-0.2, -0.15) is 0 Å². The van der Waals surface area contributed by atoms with E-state index in [1.165, 1.54) is 24.3 Å². The number of rotatable bonds is 11. The number of aromatic hydroxyl groups is 2. The van der Waals surface area contributed by atoms with E-state index < -0.39 is 18.2 Å². The standard InChI is InChI=1S/C25H27NO7/c1-16-6-2-4-8-22(16)33-25(31)20(19-14-17(27)10-11-18(19)24(29)30)15-26-12-13-32-23-9-5-3-7-21(23)28/h2-11,14,20,25-28,31H,12-13,15H2,1H3,(H,29,30). The maximum atomic E-state index is 11.8. The second-order valence-electron chi connectivity index (χ2n) is 7.48. The predicted octanol–water partition coefficient (Wildman–Crippen LogP) is 3.25. The molecule has 0 spiro atoms. The van der Waals surface area contributed by atoms with E-state index in [9.17, 15) is 25.2 Å². The van der Waals surface area contributed by atoms with Gasteiger partial charge in [-0.05, 0) is 54.4 Å². The van der Waals surface area contributed by atoms with Gasteiger partial charge in [-0.1, -0.05) is 30.3 Å². The van der Waals surface area contributed by atoms with Crippen LogP contribution in [-0.4, -0.2) is 52.4 Å². The summed E-state index contributed by atoms with van der Waals surface area (Å²) in [5, 5.41) is 43.4. The average Bonchev–Trinajstić information content (AvgIpc) is 2.78. The Balaban J connectivity index is 1.74. The summed E-state index contributed by atoms with van der Waals surface area (Å²) in [6.07, 6.45) is -1.39. The van der Waals surface area contributed by atoms with Crippen LogP contribution in [0.4, 0.5) is 0 Å². The molecule has 0 saturated carbocycles. The highest BCUT2D eigenvalue weighted by Crippen LogP contribution is 2.30. The average molecular weight is 453 g/mol. The molecule has 0 aliphatic carbocycles. The highest BCUT2D eigenvalue weighted by atomic mass is 16.6. The first-order chi connectivity index (χ1) is 15.9. The molecule has 0 bridgehead atoms. The molecule has 0 heterocycles. The van der Waals surface area contributed by atoms with Crippen LogP contribution in [0.3, 0.4) is 0 Å². The van der Waals surface area contributed by atoms with E-state index in [4.69, 9.17) is 9.47 Å². The molecular weight excluding hydrogens is 426 g/mol. The first-order valence-electron chi connectivity index (χ1n) is 10.4. The van der Waals surface area contributed by atoms with Crippen LogP contribution in [-0.2, 0) is 0 Å². The first-order valence-corrected chi connectivity index (χ1v) is 10.4. The summed E-state index contributed by atoms with van der Waals surface area (Å²) in [7, 11) is 0. The zero-order valence-corrected chi connectivity index (χ0v) is 18.1. The van der Waals surface area contributed by atoms with Crippen molar-refractivity contribution in [3.8, 4) is 23.0 Å². The quantitative estimate of drug-likeness (QED) is 0.221. The van der Waals surface area contributed by atoms with E-state index in [-0.39, 0.29) is 35.8 Å². The number of nitrogens with one attached hydrogen (secondary N) is 1.